The molecule has 0 atom stereocenters. The van der Waals surface area contributed by atoms with Gasteiger partial charge in [-0.3, -0.25) is 4.79 Å². The number of hydrogen-bond donors (Lipinski definition) is 2. The monoisotopic (exact) mass is 524 g/mol. The van der Waals surface area contributed by atoms with Crippen LogP contribution in [0.5, 0.6) is 5.75 Å². The number of amides is 1. The van der Waals surface area contributed by atoms with E-state index in [2.05, 4.69) is 20.4 Å². The SMILES string of the molecule is Cc1ccc(OC(F)F)c(CN=C(NCC(=O)N(C)C)NC2CCCCC2)c1.I. The number of rotatable bonds is 7. The molecule has 29 heavy (non-hydrogen) atoms. The minimum atomic E-state index is -2.89. The van der Waals surface area contributed by atoms with Crippen molar-refractivity contribution in [3.05, 3.63) is 29.3 Å². The predicted molar refractivity (Wildman–Crippen MR) is 121 cm³/mol. The van der Waals surface area contributed by atoms with Crippen LogP contribution in [-0.4, -0.2) is 50.1 Å². The highest BCUT2D eigenvalue weighted by Gasteiger charge is 2.16. The Balaban J connectivity index is 0.00000420. The average molecular weight is 524 g/mol. The molecule has 2 N–H and O–H groups in total. The maximum Gasteiger partial charge on any atom is 0.387 e. The normalized spacial score (nSPS) is 14.9. The highest BCUT2D eigenvalue weighted by molar-refractivity contribution is 14.0. The molecule has 164 valence electrons. The molecular formula is C20H31F2IN4O2. The van der Waals surface area contributed by atoms with Crippen molar-refractivity contribution in [2.45, 2.75) is 58.2 Å². The number of benzene rings is 1. The lowest BCUT2D eigenvalue weighted by Crippen LogP contribution is -2.47. The molecule has 1 aliphatic carbocycles. The lowest BCUT2D eigenvalue weighted by Gasteiger charge is -2.25. The fraction of sp³-hybridized carbons (Fsp3) is 0.600. The first-order valence-electron chi connectivity index (χ1n) is 9.64. The van der Waals surface area contributed by atoms with Crippen molar-refractivity contribution in [2.75, 3.05) is 20.6 Å². The summed E-state index contributed by atoms with van der Waals surface area (Å²) >= 11 is 0. The molecule has 1 fully saturated rings. The first-order valence-corrected chi connectivity index (χ1v) is 9.64. The Bertz CT molecular complexity index is 680. The van der Waals surface area contributed by atoms with Crippen LogP contribution >= 0.6 is 24.0 Å². The number of guanidine groups is 1. The highest BCUT2D eigenvalue weighted by atomic mass is 127. The predicted octanol–water partition coefficient (Wildman–Crippen LogP) is 3.67. The second kappa shape index (κ2) is 12.8. The van der Waals surface area contributed by atoms with Crippen LogP contribution in [0.4, 0.5) is 8.78 Å². The first kappa shape index (κ1) is 25.4. The fourth-order valence-electron chi connectivity index (χ4n) is 3.12. The molecule has 2 rings (SSSR count). The van der Waals surface area contributed by atoms with Crippen molar-refractivity contribution in [3.63, 3.8) is 0 Å². The Morgan fingerprint density at radius 2 is 1.97 bits per heavy atom. The van der Waals surface area contributed by atoms with Crippen molar-refractivity contribution >= 4 is 35.8 Å². The largest absolute Gasteiger partial charge is 0.434 e. The molecular weight excluding hydrogens is 493 g/mol. The lowest BCUT2D eigenvalue weighted by atomic mass is 9.96. The standard InChI is InChI=1S/C20H30F2N4O2.HI/c1-14-9-10-17(28-19(21)22)15(11-14)12-23-20(24-13-18(27)26(2)3)25-16-7-5-4-6-8-16;/h9-11,16,19H,4-8,12-13H2,1-3H3,(H2,23,24,25);1H. The third-order valence-corrected chi connectivity index (χ3v) is 4.69. The third-order valence-electron chi connectivity index (χ3n) is 4.69. The van der Waals surface area contributed by atoms with Gasteiger partial charge in [0, 0.05) is 25.7 Å². The number of hydrogen-bond acceptors (Lipinski definition) is 3. The van der Waals surface area contributed by atoms with Gasteiger partial charge in [-0.15, -0.1) is 24.0 Å². The summed E-state index contributed by atoms with van der Waals surface area (Å²) in [7, 11) is 3.38. The van der Waals surface area contributed by atoms with Gasteiger partial charge in [0.05, 0.1) is 13.1 Å². The Kier molecular flexibility index (Phi) is 11.2. The number of nitrogens with one attached hydrogen (secondary N) is 2. The Morgan fingerprint density at radius 3 is 2.59 bits per heavy atom. The molecule has 1 aromatic rings. The summed E-state index contributed by atoms with van der Waals surface area (Å²) in [5, 5.41) is 6.43. The molecule has 0 unspecified atom stereocenters. The molecule has 6 nitrogen and oxygen atoms in total. The van der Waals surface area contributed by atoms with E-state index in [0.29, 0.717) is 17.6 Å². The van der Waals surface area contributed by atoms with Gasteiger partial charge >= 0.3 is 6.61 Å². The zero-order valence-electron chi connectivity index (χ0n) is 17.2. The van der Waals surface area contributed by atoms with Crippen molar-refractivity contribution < 1.29 is 18.3 Å². The minimum Gasteiger partial charge on any atom is -0.434 e. The van der Waals surface area contributed by atoms with Gasteiger partial charge in [-0.2, -0.15) is 8.78 Å². The van der Waals surface area contributed by atoms with Gasteiger partial charge < -0.3 is 20.3 Å². The molecule has 1 amide bonds. The van der Waals surface area contributed by atoms with Crippen LogP contribution in [0.2, 0.25) is 0 Å². The third kappa shape index (κ3) is 9.14. The fourth-order valence-corrected chi connectivity index (χ4v) is 3.12. The van der Waals surface area contributed by atoms with Crippen molar-refractivity contribution in [2.24, 2.45) is 4.99 Å². The molecule has 1 aliphatic rings. The van der Waals surface area contributed by atoms with Crippen LogP contribution in [0.1, 0.15) is 43.2 Å². The zero-order valence-corrected chi connectivity index (χ0v) is 19.5. The van der Waals surface area contributed by atoms with Crippen LogP contribution in [0.15, 0.2) is 23.2 Å². The number of carbonyl (C=O) groups excluding carboxylic acids is 1. The molecule has 0 heterocycles. The van der Waals surface area contributed by atoms with E-state index in [1.165, 1.54) is 17.4 Å². The first-order chi connectivity index (χ1) is 13.3. The quantitative estimate of drug-likeness (QED) is 0.325. The summed E-state index contributed by atoms with van der Waals surface area (Å²) in [6, 6.07) is 5.33. The second-order valence-electron chi connectivity index (χ2n) is 7.28. The molecule has 0 aliphatic heterocycles. The van der Waals surface area contributed by atoms with E-state index in [-0.39, 0.29) is 48.7 Å². The number of halogens is 3. The minimum absolute atomic E-state index is 0. The van der Waals surface area contributed by atoms with Crippen molar-refractivity contribution in [1.29, 1.82) is 0 Å². The number of ether oxygens (including phenoxy) is 1. The summed E-state index contributed by atoms with van der Waals surface area (Å²) in [6.45, 7) is -0.725. The number of nitrogens with zero attached hydrogens (tertiary/aromatic N) is 2. The molecule has 0 bridgehead atoms. The van der Waals surface area contributed by atoms with E-state index in [9.17, 15) is 13.6 Å². The molecule has 1 saturated carbocycles. The molecule has 0 radical (unpaired) electrons. The van der Waals surface area contributed by atoms with Crippen LogP contribution in [0, 0.1) is 6.92 Å². The van der Waals surface area contributed by atoms with Gasteiger partial charge in [0.15, 0.2) is 5.96 Å². The van der Waals surface area contributed by atoms with Gasteiger partial charge in [-0.05, 0) is 25.8 Å². The molecule has 0 spiro atoms. The Morgan fingerprint density at radius 1 is 1.28 bits per heavy atom. The summed E-state index contributed by atoms with van der Waals surface area (Å²) in [5.74, 6) is 0.549. The highest BCUT2D eigenvalue weighted by Crippen LogP contribution is 2.23. The van der Waals surface area contributed by atoms with E-state index in [1.807, 2.05) is 6.92 Å². The zero-order chi connectivity index (χ0) is 20.5. The number of aryl methyl sites for hydroxylation is 1. The van der Waals surface area contributed by atoms with E-state index in [0.717, 1.165) is 31.2 Å². The summed E-state index contributed by atoms with van der Waals surface area (Å²) in [4.78, 5) is 17.9. The summed E-state index contributed by atoms with van der Waals surface area (Å²) in [5.41, 5.74) is 1.51. The van der Waals surface area contributed by atoms with Crippen LogP contribution in [-0.2, 0) is 11.3 Å². The number of carbonyl (C=O) groups is 1. The van der Waals surface area contributed by atoms with Gasteiger partial charge in [-0.1, -0.05) is 37.0 Å². The Hall–Kier alpha value is -1.65. The average Bonchev–Trinajstić information content (AvgIpc) is 2.65. The van der Waals surface area contributed by atoms with Crippen molar-refractivity contribution in [3.8, 4) is 5.75 Å². The van der Waals surface area contributed by atoms with Crippen LogP contribution in [0.25, 0.3) is 0 Å². The van der Waals surface area contributed by atoms with Crippen molar-refractivity contribution in [1.82, 2.24) is 15.5 Å². The van der Waals surface area contributed by atoms with E-state index < -0.39 is 6.61 Å². The topological polar surface area (TPSA) is 66.0 Å². The maximum atomic E-state index is 12.7. The number of aliphatic imine (C=N–C) groups is 1. The summed E-state index contributed by atoms with van der Waals surface area (Å²) in [6.07, 6.45) is 5.64. The maximum absolute atomic E-state index is 12.7. The second-order valence-corrected chi connectivity index (χ2v) is 7.28. The van der Waals surface area contributed by atoms with Gasteiger partial charge in [0.25, 0.3) is 0 Å². The van der Waals surface area contributed by atoms with Crippen LogP contribution in [0.3, 0.4) is 0 Å². The van der Waals surface area contributed by atoms with Gasteiger partial charge in [0.2, 0.25) is 5.91 Å². The van der Waals surface area contributed by atoms with E-state index in [1.54, 1.807) is 26.2 Å². The number of likely N-dealkylation sites (N-methyl/N-ethyl adjacent to an activating group) is 1. The molecule has 0 aromatic heterocycles. The van der Waals surface area contributed by atoms with Gasteiger partial charge in [0.1, 0.15) is 5.75 Å². The van der Waals surface area contributed by atoms with Gasteiger partial charge in [-0.25, -0.2) is 4.99 Å². The molecule has 0 saturated heterocycles. The smallest absolute Gasteiger partial charge is 0.387 e. The van der Waals surface area contributed by atoms with E-state index >= 15 is 0 Å². The Labute approximate surface area is 188 Å². The molecule has 1 aromatic carbocycles. The lowest BCUT2D eigenvalue weighted by molar-refractivity contribution is -0.127. The van der Waals surface area contributed by atoms with E-state index in [4.69, 9.17) is 0 Å². The van der Waals surface area contributed by atoms with Crippen LogP contribution < -0.4 is 15.4 Å². The number of alkyl halides is 2. The molecule has 9 heteroatoms. The summed E-state index contributed by atoms with van der Waals surface area (Å²) < 4.78 is 29.9.